The molecule has 1 atom stereocenters. The van der Waals surface area contributed by atoms with E-state index in [1.807, 2.05) is 51.1 Å². The van der Waals surface area contributed by atoms with Crippen molar-refractivity contribution in [3.63, 3.8) is 0 Å². The Morgan fingerprint density at radius 2 is 1.82 bits per heavy atom. The molecule has 1 unspecified atom stereocenters. The van der Waals surface area contributed by atoms with Gasteiger partial charge in [0.25, 0.3) is 0 Å². The Labute approximate surface area is 222 Å². The molecule has 0 radical (unpaired) electrons. The van der Waals surface area contributed by atoms with Gasteiger partial charge in [-0.15, -0.1) is 0 Å². The van der Waals surface area contributed by atoms with E-state index in [1.165, 1.54) is 12.1 Å². The van der Waals surface area contributed by atoms with Gasteiger partial charge in [-0.2, -0.15) is 5.26 Å². The monoisotopic (exact) mass is 507 g/mol. The van der Waals surface area contributed by atoms with Gasteiger partial charge in [-0.25, -0.2) is 4.39 Å². The molecule has 0 fully saturated rings. The second-order valence-corrected chi connectivity index (χ2v) is 10.0. The minimum Gasteiger partial charge on any atom is -0.489 e. The average Bonchev–Trinajstić information content (AvgIpc) is 2.89. The highest BCUT2D eigenvalue weighted by Gasteiger charge is 2.41. The van der Waals surface area contributed by atoms with Crippen molar-refractivity contribution in [3.8, 4) is 11.8 Å². The van der Waals surface area contributed by atoms with E-state index in [4.69, 9.17) is 10.5 Å². The molecule has 0 spiro atoms. The van der Waals surface area contributed by atoms with Crippen LogP contribution in [0.3, 0.4) is 0 Å². The molecule has 1 aliphatic carbocycles. The lowest BCUT2D eigenvalue weighted by Crippen LogP contribution is -2.39. The first-order chi connectivity index (χ1) is 18.3. The molecule has 2 N–H and O–H groups in total. The van der Waals surface area contributed by atoms with Crippen LogP contribution in [0.25, 0.3) is 0 Å². The molecule has 0 saturated heterocycles. The number of Topliss-reactive ketones (excluding diaryl/α,β-unsaturated/α-hetero) is 1. The number of aryl methyl sites for hydroxylation is 3. The van der Waals surface area contributed by atoms with Crippen molar-refractivity contribution in [3.05, 3.63) is 117 Å². The third-order valence-corrected chi connectivity index (χ3v) is 7.43. The number of ketones is 1. The van der Waals surface area contributed by atoms with E-state index in [-0.39, 0.29) is 11.6 Å². The lowest BCUT2D eigenvalue weighted by atomic mass is 9.74. The first-order valence-corrected chi connectivity index (χ1v) is 12.8. The third kappa shape index (κ3) is 4.56. The quantitative estimate of drug-likeness (QED) is 0.419. The SMILES string of the molecule is Cc1ccc(OCc2cc(C3C(C#N)=C(N)N(c4cccc(F)c4)C4=C3C(=O)CCC4)c(C)cc2C)cc1. The van der Waals surface area contributed by atoms with Crippen LogP contribution in [0.1, 0.15) is 53.0 Å². The van der Waals surface area contributed by atoms with Crippen LogP contribution in [0, 0.1) is 37.9 Å². The number of rotatable bonds is 5. The van der Waals surface area contributed by atoms with E-state index in [2.05, 4.69) is 12.1 Å². The number of halogens is 1. The Morgan fingerprint density at radius 3 is 2.53 bits per heavy atom. The molecule has 6 heteroatoms. The van der Waals surface area contributed by atoms with Gasteiger partial charge in [0, 0.05) is 17.7 Å². The minimum absolute atomic E-state index is 0.00432. The number of hydrogen-bond donors (Lipinski definition) is 1. The molecule has 0 aromatic heterocycles. The van der Waals surface area contributed by atoms with Crippen LogP contribution >= 0.6 is 0 Å². The van der Waals surface area contributed by atoms with Crippen LogP contribution in [-0.4, -0.2) is 5.78 Å². The molecule has 3 aromatic rings. The van der Waals surface area contributed by atoms with E-state index in [1.54, 1.807) is 17.0 Å². The Kier molecular flexibility index (Phi) is 6.77. The minimum atomic E-state index is -0.591. The van der Waals surface area contributed by atoms with Crippen molar-refractivity contribution in [1.82, 2.24) is 0 Å². The number of ether oxygens (including phenoxy) is 1. The summed E-state index contributed by atoms with van der Waals surface area (Å²) in [6.07, 6.45) is 1.69. The molecular formula is C32H30FN3O2. The van der Waals surface area contributed by atoms with Crippen molar-refractivity contribution in [2.24, 2.45) is 5.73 Å². The molecule has 0 bridgehead atoms. The maximum absolute atomic E-state index is 14.2. The number of carbonyl (C=O) groups excluding carboxylic acids is 1. The molecule has 5 nitrogen and oxygen atoms in total. The predicted octanol–water partition coefficient (Wildman–Crippen LogP) is 6.63. The molecule has 5 rings (SSSR count). The zero-order valence-corrected chi connectivity index (χ0v) is 21.8. The zero-order valence-electron chi connectivity index (χ0n) is 21.8. The molecule has 1 heterocycles. The van der Waals surface area contributed by atoms with E-state index in [0.717, 1.165) is 39.3 Å². The summed E-state index contributed by atoms with van der Waals surface area (Å²) in [5.41, 5.74) is 13.8. The van der Waals surface area contributed by atoms with Crippen LogP contribution < -0.4 is 15.4 Å². The summed E-state index contributed by atoms with van der Waals surface area (Å²) in [6.45, 7) is 6.40. The fourth-order valence-electron chi connectivity index (χ4n) is 5.49. The van der Waals surface area contributed by atoms with Gasteiger partial charge >= 0.3 is 0 Å². The molecule has 2 aliphatic rings. The van der Waals surface area contributed by atoms with E-state index in [9.17, 15) is 14.4 Å². The van der Waals surface area contributed by atoms with Gasteiger partial charge in [-0.05, 0) is 86.2 Å². The van der Waals surface area contributed by atoms with E-state index >= 15 is 0 Å². The number of allylic oxidation sites excluding steroid dienone is 3. The summed E-state index contributed by atoms with van der Waals surface area (Å²) >= 11 is 0. The Morgan fingerprint density at radius 1 is 1.05 bits per heavy atom. The van der Waals surface area contributed by atoms with Crippen molar-refractivity contribution < 1.29 is 13.9 Å². The lowest BCUT2D eigenvalue weighted by Gasteiger charge is -2.40. The topological polar surface area (TPSA) is 79.3 Å². The Bertz CT molecular complexity index is 1530. The van der Waals surface area contributed by atoms with Gasteiger partial charge in [-0.1, -0.05) is 35.9 Å². The highest BCUT2D eigenvalue weighted by molar-refractivity contribution is 6.01. The predicted molar refractivity (Wildman–Crippen MR) is 146 cm³/mol. The van der Waals surface area contributed by atoms with Gasteiger partial charge in [0.1, 0.15) is 24.0 Å². The summed E-state index contributed by atoms with van der Waals surface area (Å²) in [5, 5.41) is 10.3. The molecular weight excluding hydrogens is 477 g/mol. The molecule has 192 valence electrons. The smallest absolute Gasteiger partial charge is 0.161 e. The van der Waals surface area contributed by atoms with Gasteiger partial charge < -0.3 is 10.5 Å². The summed E-state index contributed by atoms with van der Waals surface area (Å²) in [6, 6.07) is 20.4. The first kappa shape index (κ1) is 25.3. The number of nitrogens with two attached hydrogens (primary N) is 1. The van der Waals surface area contributed by atoms with E-state index in [0.29, 0.717) is 42.7 Å². The zero-order chi connectivity index (χ0) is 27.0. The summed E-state index contributed by atoms with van der Waals surface area (Å²) < 4.78 is 20.3. The highest BCUT2D eigenvalue weighted by atomic mass is 19.1. The highest BCUT2D eigenvalue weighted by Crippen LogP contribution is 2.47. The van der Waals surface area contributed by atoms with Crippen LogP contribution in [0.5, 0.6) is 5.75 Å². The van der Waals surface area contributed by atoms with Crippen molar-refractivity contribution in [2.75, 3.05) is 4.90 Å². The molecule has 0 amide bonds. The van der Waals surface area contributed by atoms with Gasteiger partial charge in [0.15, 0.2) is 5.78 Å². The fraction of sp³-hybridized carbons (Fsp3) is 0.250. The molecule has 1 aliphatic heterocycles. The normalized spacial score (nSPS) is 17.4. The number of nitrogens with zero attached hydrogens (tertiary/aromatic N) is 2. The van der Waals surface area contributed by atoms with Crippen molar-refractivity contribution >= 4 is 11.5 Å². The summed E-state index contributed by atoms with van der Waals surface area (Å²) in [5.74, 6) is -0.00158. The molecule has 3 aromatic carbocycles. The van der Waals surface area contributed by atoms with Gasteiger partial charge in [-0.3, -0.25) is 9.69 Å². The second kappa shape index (κ2) is 10.2. The van der Waals surface area contributed by atoms with Crippen LogP contribution in [0.4, 0.5) is 10.1 Å². The number of anilines is 1. The van der Waals surface area contributed by atoms with Crippen LogP contribution in [0.2, 0.25) is 0 Å². The van der Waals surface area contributed by atoms with Crippen LogP contribution in [-0.2, 0) is 11.4 Å². The first-order valence-electron chi connectivity index (χ1n) is 12.8. The number of benzene rings is 3. The fourth-order valence-corrected chi connectivity index (χ4v) is 5.49. The Hall–Kier alpha value is -4.37. The van der Waals surface area contributed by atoms with E-state index < -0.39 is 11.7 Å². The largest absolute Gasteiger partial charge is 0.489 e. The number of carbonyl (C=O) groups is 1. The average molecular weight is 508 g/mol. The van der Waals surface area contributed by atoms with Crippen molar-refractivity contribution in [2.45, 2.75) is 52.6 Å². The van der Waals surface area contributed by atoms with Crippen molar-refractivity contribution in [1.29, 1.82) is 5.26 Å². The molecule has 0 saturated carbocycles. The van der Waals surface area contributed by atoms with Gasteiger partial charge in [0.2, 0.25) is 0 Å². The number of hydrogen-bond acceptors (Lipinski definition) is 5. The lowest BCUT2D eigenvalue weighted by molar-refractivity contribution is -0.116. The van der Waals surface area contributed by atoms with Crippen LogP contribution in [0.15, 0.2) is 83.3 Å². The van der Waals surface area contributed by atoms with Gasteiger partial charge in [0.05, 0.1) is 23.2 Å². The number of nitriles is 1. The summed E-state index contributed by atoms with van der Waals surface area (Å²) in [4.78, 5) is 15.2. The molecule has 38 heavy (non-hydrogen) atoms. The second-order valence-electron chi connectivity index (χ2n) is 10.0. The summed E-state index contributed by atoms with van der Waals surface area (Å²) in [7, 11) is 0. The Balaban J connectivity index is 1.62. The standard InChI is InChI=1S/C32H30FN3O2/c1-19-10-12-25(13-11-19)38-18-22-15-26(21(3)14-20(22)2)30-27(17-34)32(35)36(24-7-4-6-23(33)16-24)28-8-5-9-29(37)31(28)30/h4,6-7,10-16,30H,5,8-9,18,35H2,1-3H3. The maximum Gasteiger partial charge on any atom is 0.161 e. The maximum atomic E-state index is 14.2. The third-order valence-electron chi connectivity index (χ3n) is 7.43.